The van der Waals surface area contributed by atoms with Crippen LogP contribution in [0.5, 0.6) is 0 Å². The first-order chi connectivity index (χ1) is 13.5. The molecule has 0 atom stereocenters. The summed E-state index contributed by atoms with van der Waals surface area (Å²) in [6, 6.07) is 11.8. The van der Waals surface area contributed by atoms with Crippen molar-refractivity contribution in [2.75, 3.05) is 18.0 Å². The quantitative estimate of drug-likeness (QED) is 0.605. The lowest BCUT2D eigenvalue weighted by Gasteiger charge is -2.29. The molecule has 144 valence electrons. The number of anilines is 1. The fourth-order valence-corrected chi connectivity index (χ4v) is 4.44. The molecular formula is C21H17Cl3N2O2. The van der Waals surface area contributed by atoms with Gasteiger partial charge < -0.3 is 4.90 Å². The Morgan fingerprint density at radius 1 is 0.786 bits per heavy atom. The number of likely N-dealkylation sites (tertiary alicyclic amines) is 1. The standard InChI is InChI=1S/C21H17Cl3N2O2/c22-13-8-9-14(16(24)12-13)18-19(25-10-4-1-5-11-25)21(28)26(20(18)27)17-7-3-2-6-15(17)23/h2-3,6-9,12H,1,4-5,10-11H2. The van der Waals surface area contributed by atoms with E-state index in [1.165, 1.54) is 0 Å². The Hall–Kier alpha value is -2.01. The molecule has 2 aromatic carbocycles. The number of amides is 2. The lowest BCUT2D eigenvalue weighted by Crippen LogP contribution is -2.37. The molecule has 1 fully saturated rings. The lowest BCUT2D eigenvalue weighted by molar-refractivity contribution is -0.120. The number of nitrogens with zero attached hydrogens (tertiary/aromatic N) is 2. The Morgan fingerprint density at radius 2 is 1.50 bits per heavy atom. The van der Waals surface area contributed by atoms with Crippen LogP contribution in [-0.2, 0) is 9.59 Å². The smallest absolute Gasteiger partial charge is 0.282 e. The fraction of sp³-hybridized carbons (Fsp3) is 0.238. The average molecular weight is 436 g/mol. The summed E-state index contributed by atoms with van der Waals surface area (Å²) >= 11 is 18.7. The maximum absolute atomic E-state index is 13.4. The van der Waals surface area contributed by atoms with Gasteiger partial charge in [0.15, 0.2) is 0 Å². The monoisotopic (exact) mass is 434 g/mol. The molecule has 0 bridgehead atoms. The van der Waals surface area contributed by atoms with Crippen LogP contribution in [0.25, 0.3) is 5.57 Å². The first-order valence-electron chi connectivity index (χ1n) is 9.07. The van der Waals surface area contributed by atoms with Crippen molar-refractivity contribution in [2.45, 2.75) is 19.3 Å². The zero-order chi connectivity index (χ0) is 19.8. The molecule has 2 aromatic rings. The van der Waals surface area contributed by atoms with Gasteiger partial charge in [-0.3, -0.25) is 9.59 Å². The molecule has 2 aliphatic rings. The number of imide groups is 1. The van der Waals surface area contributed by atoms with Gasteiger partial charge in [-0.2, -0.15) is 0 Å². The van der Waals surface area contributed by atoms with Crippen molar-refractivity contribution >= 4 is 57.9 Å². The number of piperidine rings is 1. The highest BCUT2D eigenvalue weighted by Crippen LogP contribution is 2.40. The summed E-state index contributed by atoms with van der Waals surface area (Å²) < 4.78 is 0. The summed E-state index contributed by atoms with van der Waals surface area (Å²) in [7, 11) is 0. The normalized spacial score (nSPS) is 17.7. The van der Waals surface area contributed by atoms with E-state index >= 15 is 0 Å². The second-order valence-corrected chi connectivity index (χ2v) is 8.04. The second-order valence-electron chi connectivity index (χ2n) is 6.79. The van der Waals surface area contributed by atoms with Crippen LogP contribution in [0.3, 0.4) is 0 Å². The number of halogens is 3. The molecule has 0 aliphatic carbocycles. The molecule has 4 nitrogen and oxygen atoms in total. The minimum absolute atomic E-state index is 0.300. The van der Waals surface area contributed by atoms with E-state index in [2.05, 4.69) is 0 Å². The van der Waals surface area contributed by atoms with Crippen LogP contribution in [0.1, 0.15) is 24.8 Å². The van der Waals surface area contributed by atoms with Crippen molar-refractivity contribution in [3.05, 3.63) is 68.8 Å². The summed E-state index contributed by atoms with van der Waals surface area (Å²) in [6.07, 6.45) is 3.05. The Bertz CT molecular complexity index is 997. The third-order valence-electron chi connectivity index (χ3n) is 5.03. The number of rotatable bonds is 3. The van der Waals surface area contributed by atoms with Crippen molar-refractivity contribution < 1.29 is 9.59 Å². The molecule has 1 saturated heterocycles. The Kier molecular flexibility index (Phi) is 5.37. The molecule has 0 aromatic heterocycles. The van der Waals surface area contributed by atoms with Crippen molar-refractivity contribution in [3.63, 3.8) is 0 Å². The first-order valence-corrected chi connectivity index (χ1v) is 10.2. The van der Waals surface area contributed by atoms with Crippen LogP contribution < -0.4 is 4.90 Å². The van der Waals surface area contributed by atoms with E-state index in [1.54, 1.807) is 42.5 Å². The predicted octanol–water partition coefficient (Wildman–Crippen LogP) is 5.42. The van der Waals surface area contributed by atoms with Crippen molar-refractivity contribution in [3.8, 4) is 0 Å². The van der Waals surface area contributed by atoms with E-state index in [-0.39, 0.29) is 5.91 Å². The predicted molar refractivity (Wildman–Crippen MR) is 113 cm³/mol. The van der Waals surface area contributed by atoms with Gasteiger partial charge in [-0.1, -0.05) is 53.0 Å². The highest BCUT2D eigenvalue weighted by molar-refractivity contribution is 6.49. The summed E-state index contributed by atoms with van der Waals surface area (Å²) in [6.45, 7) is 1.44. The van der Waals surface area contributed by atoms with E-state index in [4.69, 9.17) is 34.8 Å². The van der Waals surface area contributed by atoms with Crippen LogP contribution in [0.2, 0.25) is 15.1 Å². The molecule has 28 heavy (non-hydrogen) atoms. The topological polar surface area (TPSA) is 40.6 Å². The summed E-state index contributed by atoms with van der Waals surface area (Å²) in [5.41, 5.74) is 1.55. The molecule has 0 N–H and O–H groups in total. The van der Waals surface area contributed by atoms with Gasteiger partial charge in [0.25, 0.3) is 11.8 Å². The molecule has 0 spiro atoms. The number of hydrogen-bond donors (Lipinski definition) is 0. The summed E-state index contributed by atoms with van der Waals surface area (Å²) in [5, 5.41) is 1.14. The Labute approximate surface area is 178 Å². The third kappa shape index (κ3) is 3.30. The highest BCUT2D eigenvalue weighted by atomic mass is 35.5. The number of carbonyl (C=O) groups excluding carboxylic acids is 2. The van der Waals surface area contributed by atoms with Gasteiger partial charge >= 0.3 is 0 Å². The maximum Gasteiger partial charge on any atom is 0.282 e. The molecule has 2 amide bonds. The minimum Gasteiger partial charge on any atom is -0.366 e. The van der Waals surface area contributed by atoms with E-state index in [1.807, 2.05) is 4.90 Å². The van der Waals surface area contributed by atoms with Crippen LogP contribution in [0.15, 0.2) is 48.2 Å². The number of carbonyl (C=O) groups is 2. The summed E-state index contributed by atoms with van der Waals surface area (Å²) in [4.78, 5) is 30.0. The van der Waals surface area contributed by atoms with Gasteiger partial charge in [0, 0.05) is 23.7 Å². The largest absolute Gasteiger partial charge is 0.366 e. The van der Waals surface area contributed by atoms with E-state index < -0.39 is 5.91 Å². The molecule has 0 radical (unpaired) electrons. The number of benzene rings is 2. The molecule has 2 aliphatic heterocycles. The van der Waals surface area contributed by atoms with Crippen molar-refractivity contribution in [2.24, 2.45) is 0 Å². The van der Waals surface area contributed by atoms with E-state index in [9.17, 15) is 9.59 Å². The summed E-state index contributed by atoms with van der Waals surface area (Å²) in [5.74, 6) is -0.802. The van der Waals surface area contributed by atoms with Crippen molar-refractivity contribution in [1.82, 2.24) is 4.90 Å². The lowest BCUT2D eigenvalue weighted by atomic mass is 10.0. The van der Waals surface area contributed by atoms with Crippen LogP contribution in [0.4, 0.5) is 5.69 Å². The first kappa shape index (κ1) is 19.3. The molecule has 2 heterocycles. The number of hydrogen-bond acceptors (Lipinski definition) is 3. The van der Waals surface area contributed by atoms with Gasteiger partial charge in [-0.05, 0) is 43.5 Å². The van der Waals surface area contributed by atoms with E-state index in [0.717, 1.165) is 37.3 Å². The van der Waals surface area contributed by atoms with Crippen LogP contribution in [-0.4, -0.2) is 29.8 Å². The Morgan fingerprint density at radius 3 is 2.18 bits per heavy atom. The molecule has 0 saturated carbocycles. The Balaban J connectivity index is 1.88. The van der Waals surface area contributed by atoms with Crippen LogP contribution in [0, 0.1) is 0 Å². The number of para-hydroxylation sites is 1. The fourth-order valence-electron chi connectivity index (χ4n) is 3.72. The third-order valence-corrected chi connectivity index (χ3v) is 5.89. The van der Waals surface area contributed by atoms with Gasteiger partial charge in [-0.15, -0.1) is 0 Å². The van der Waals surface area contributed by atoms with Gasteiger partial charge in [-0.25, -0.2) is 4.90 Å². The zero-order valence-corrected chi connectivity index (χ0v) is 17.2. The highest BCUT2D eigenvalue weighted by Gasteiger charge is 2.43. The molecular weight excluding hydrogens is 419 g/mol. The SMILES string of the molecule is O=C1C(c2ccc(Cl)cc2Cl)=C(N2CCCCC2)C(=O)N1c1ccccc1Cl. The maximum atomic E-state index is 13.4. The zero-order valence-electron chi connectivity index (χ0n) is 14.9. The van der Waals surface area contributed by atoms with Crippen molar-refractivity contribution in [1.29, 1.82) is 0 Å². The average Bonchev–Trinajstić information content (AvgIpc) is 2.93. The van der Waals surface area contributed by atoms with Gasteiger partial charge in [0.1, 0.15) is 5.70 Å². The van der Waals surface area contributed by atoms with Gasteiger partial charge in [0.05, 0.1) is 21.3 Å². The molecule has 0 unspecified atom stereocenters. The second kappa shape index (κ2) is 7.78. The molecule has 7 heteroatoms. The van der Waals surface area contributed by atoms with E-state index in [0.29, 0.717) is 37.6 Å². The van der Waals surface area contributed by atoms with Gasteiger partial charge in [0.2, 0.25) is 0 Å². The minimum atomic E-state index is -0.428. The van der Waals surface area contributed by atoms with Crippen LogP contribution >= 0.6 is 34.8 Å². The molecule has 4 rings (SSSR count).